The summed E-state index contributed by atoms with van der Waals surface area (Å²) < 4.78 is 14.0. The number of nitrogen functional groups attached to an aromatic ring is 1. The third kappa shape index (κ3) is 11.5. The number of nitrogens with two attached hydrogens (primary N) is 1. The van der Waals surface area contributed by atoms with Crippen molar-refractivity contribution in [3.05, 3.63) is 154 Å². The summed E-state index contributed by atoms with van der Waals surface area (Å²) in [6.45, 7) is 8.48. The second kappa shape index (κ2) is 22.3. The molecule has 10 rings (SSSR count). The van der Waals surface area contributed by atoms with Crippen LogP contribution in [0.15, 0.2) is 120 Å². The smallest absolute Gasteiger partial charge is 0.338 e. The molecule has 1 saturated heterocycles. The molecule has 0 spiro atoms. The summed E-state index contributed by atoms with van der Waals surface area (Å²) in [5.41, 5.74) is 17.0. The molecule has 0 bridgehead atoms. The third-order valence-electron chi connectivity index (χ3n) is 11.8. The van der Waals surface area contributed by atoms with Crippen LogP contribution in [0.2, 0.25) is 0 Å². The van der Waals surface area contributed by atoms with Gasteiger partial charge in [-0.1, -0.05) is 12.1 Å². The van der Waals surface area contributed by atoms with Gasteiger partial charge in [-0.25, -0.2) is 24.7 Å². The van der Waals surface area contributed by atoms with Gasteiger partial charge >= 0.3 is 5.97 Å². The lowest BCUT2D eigenvalue weighted by molar-refractivity contribution is 0.0383. The van der Waals surface area contributed by atoms with Gasteiger partial charge in [-0.3, -0.25) is 28.1 Å². The first kappa shape index (κ1) is 49.5. The number of thiazole rings is 2. The van der Waals surface area contributed by atoms with Gasteiger partial charge in [0.25, 0.3) is 17.7 Å². The van der Waals surface area contributed by atoms with Crippen molar-refractivity contribution in [3.63, 3.8) is 0 Å². The minimum absolute atomic E-state index is 0.120. The first-order valence-corrected chi connectivity index (χ1v) is 24.9. The van der Waals surface area contributed by atoms with Crippen molar-refractivity contribution in [2.75, 3.05) is 75.2 Å². The highest BCUT2D eigenvalue weighted by atomic mass is 32.1. The number of esters is 1. The molecular formula is C52H51N13O6S2. The monoisotopic (exact) mass is 1020 g/mol. The van der Waals surface area contributed by atoms with Crippen LogP contribution in [0.3, 0.4) is 0 Å². The topological polar surface area (TPSA) is 237 Å². The maximum atomic E-state index is 12.8. The third-order valence-corrected chi connectivity index (χ3v) is 13.3. The number of nitrogens with one attached hydrogen (secondary N) is 5. The number of nitrogens with zero attached hydrogens (tertiary/aromatic N) is 7. The predicted octanol–water partition coefficient (Wildman–Crippen LogP) is 8.06. The van der Waals surface area contributed by atoms with Crippen molar-refractivity contribution in [2.45, 2.75) is 13.8 Å². The zero-order chi connectivity index (χ0) is 51.0. The van der Waals surface area contributed by atoms with Crippen LogP contribution in [0.5, 0.6) is 0 Å². The number of para-hydroxylation sites is 2. The van der Waals surface area contributed by atoms with Gasteiger partial charge in [0.1, 0.15) is 22.7 Å². The Kier molecular flexibility index (Phi) is 15.1. The lowest BCUT2D eigenvalue weighted by atomic mass is 10.2. The summed E-state index contributed by atoms with van der Waals surface area (Å²) in [5.74, 6) is -0.887. The van der Waals surface area contributed by atoms with Crippen LogP contribution >= 0.6 is 22.7 Å². The minimum atomic E-state index is -0.401. The molecule has 73 heavy (non-hydrogen) atoms. The van der Waals surface area contributed by atoms with Crippen LogP contribution < -0.4 is 32.3 Å². The number of anilines is 6. The van der Waals surface area contributed by atoms with E-state index in [4.69, 9.17) is 25.2 Å². The maximum Gasteiger partial charge on any atom is 0.338 e. The van der Waals surface area contributed by atoms with Gasteiger partial charge in [0.15, 0.2) is 10.3 Å². The van der Waals surface area contributed by atoms with Crippen molar-refractivity contribution in [1.82, 2.24) is 44.3 Å². The molecule has 0 radical (unpaired) electrons. The normalized spacial score (nSPS) is 12.4. The van der Waals surface area contributed by atoms with E-state index in [0.29, 0.717) is 56.6 Å². The van der Waals surface area contributed by atoms with E-state index in [1.165, 1.54) is 29.8 Å². The Bertz CT molecular complexity index is 3450. The van der Waals surface area contributed by atoms with Gasteiger partial charge in [0, 0.05) is 84.4 Å². The first-order chi connectivity index (χ1) is 35.4. The van der Waals surface area contributed by atoms with Crippen LogP contribution in [0, 0.1) is 13.8 Å². The minimum Gasteiger partial charge on any atom is -0.465 e. The highest BCUT2D eigenvalue weighted by Crippen LogP contribution is 2.32. The number of imidazole rings is 2. The average molecular weight is 1020 g/mol. The van der Waals surface area contributed by atoms with Crippen LogP contribution in [0.1, 0.15) is 52.8 Å². The summed E-state index contributed by atoms with van der Waals surface area (Å²) in [4.78, 5) is 69.9. The number of pyridine rings is 2. The Morgan fingerprint density at radius 2 is 1.21 bits per heavy atom. The number of rotatable bonds is 14. The molecule has 7 heterocycles. The molecule has 0 aliphatic carbocycles. The second-order valence-electron chi connectivity index (χ2n) is 16.7. The number of amides is 3. The number of hydrogen-bond donors (Lipinski definition) is 6. The maximum absolute atomic E-state index is 12.8. The SMILES string of the molecule is CNC(=O)c1ccc(Nc2nc(-c3c(C)nc4cc(C(=O)OC)ccn34)cs2)cc1.Cc1nc2cc(C(=O)NCCN3CCOCC3)ccn2c1-c1csc(Nc2ccc(C(=O)Nc3ccccc3N)cc2)n1. The Morgan fingerprint density at radius 1 is 0.671 bits per heavy atom. The number of aromatic nitrogens is 6. The van der Waals surface area contributed by atoms with Crippen LogP contribution in [-0.2, 0) is 9.47 Å². The zero-order valence-electron chi connectivity index (χ0n) is 40.3. The Balaban J connectivity index is 0.000000192. The fourth-order valence-electron chi connectivity index (χ4n) is 8.07. The van der Waals surface area contributed by atoms with Gasteiger partial charge in [-0.15, -0.1) is 22.7 Å². The number of morpholine rings is 1. The fourth-order valence-corrected chi connectivity index (χ4v) is 9.50. The molecule has 3 aromatic carbocycles. The number of ether oxygens (including phenoxy) is 2. The summed E-state index contributed by atoms with van der Waals surface area (Å²) in [6, 6.07) is 28.5. The summed E-state index contributed by atoms with van der Waals surface area (Å²) in [7, 11) is 2.95. The van der Waals surface area contributed by atoms with E-state index in [-0.39, 0.29) is 17.7 Å². The molecular weight excluding hydrogens is 967 g/mol. The number of aryl methyl sites for hydroxylation is 2. The quantitative estimate of drug-likeness (QED) is 0.0447. The van der Waals surface area contributed by atoms with E-state index in [0.717, 1.165) is 83.5 Å². The molecule has 7 N–H and O–H groups in total. The standard InChI is InChI=1S/C31H32N8O3S.C21H19N5O3S/c1-20-28(39-12-10-22(18-27(39)34-20)29(40)33-11-13-38-14-16-42-17-15-38)26-19-43-31(37-26)35-23-8-6-21(7-9-23)30(41)36-25-5-3-2-4-24(25)32;1-12-18(26-9-8-14(20(28)29-3)10-17(26)23-12)16-11-30-21(25-16)24-15-6-4-13(5-7-15)19(27)22-2/h2-10,12,18-19H,11,13-17,32H2,1H3,(H,33,40)(H,35,37)(H,36,41);4-11H,1-3H3,(H,22,27)(H,24,25). The van der Waals surface area contributed by atoms with E-state index in [1.54, 1.807) is 73.9 Å². The number of methoxy groups -OCH3 is 1. The second-order valence-corrected chi connectivity index (χ2v) is 18.4. The molecule has 3 amide bonds. The Morgan fingerprint density at radius 3 is 1.75 bits per heavy atom. The van der Waals surface area contributed by atoms with E-state index in [9.17, 15) is 19.2 Å². The highest BCUT2D eigenvalue weighted by Gasteiger charge is 2.19. The average Bonchev–Trinajstić information content (AvgIpc) is 4.21. The van der Waals surface area contributed by atoms with E-state index < -0.39 is 5.97 Å². The van der Waals surface area contributed by atoms with Crippen molar-refractivity contribution in [1.29, 1.82) is 0 Å². The summed E-state index contributed by atoms with van der Waals surface area (Å²) in [6.07, 6.45) is 3.65. The van der Waals surface area contributed by atoms with Crippen LogP contribution in [0.4, 0.5) is 33.0 Å². The largest absolute Gasteiger partial charge is 0.465 e. The highest BCUT2D eigenvalue weighted by molar-refractivity contribution is 7.14. The molecule has 0 saturated carbocycles. The molecule has 1 aliphatic rings. The molecule has 372 valence electrons. The first-order valence-electron chi connectivity index (χ1n) is 23.1. The van der Waals surface area contributed by atoms with Gasteiger partial charge in [-0.2, -0.15) is 0 Å². The molecule has 6 aromatic heterocycles. The zero-order valence-corrected chi connectivity index (χ0v) is 41.9. The van der Waals surface area contributed by atoms with Gasteiger partial charge < -0.3 is 41.8 Å². The number of carbonyl (C=O) groups excluding carboxylic acids is 4. The van der Waals surface area contributed by atoms with E-state index in [1.807, 2.05) is 76.0 Å². The molecule has 1 fully saturated rings. The van der Waals surface area contributed by atoms with Crippen molar-refractivity contribution in [3.8, 4) is 22.8 Å². The number of carbonyl (C=O) groups is 4. The van der Waals surface area contributed by atoms with Crippen molar-refractivity contribution >= 4 is 90.7 Å². The van der Waals surface area contributed by atoms with Crippen molar-refractivity contribution in [2.24, 2.45) is 0 Å². The molecule has 0 atom stereocenters. The Labute approximate surface area is 427 Å². The molecule has 0 unspecified atom stereocenters. The summed E-state index contributed by atoms with van der Waals surface area (Å²) in [5, 5.41) is 20.3. The fraction of sp³-hybridized carbons (Fsp3) is 0.192. The molecule has 9 aromatic rings. The number of fused-ring (bicyclic) bond motifs is 2. The van der Waals surface area contributed by atoms with E-state index in [2.05, 4.69) is 41.5 Å². The predicted molar refractivity (Wildman–Crippen MR) is 285 cm³/mol. The number of benzene rings is 3. The van der Waals surface area contributed by atoms with Gasteiger partial charge in [0.05, 0.1) is 60.0 Å². The van der Waals surface area contributed by atoms with Gasteiger partial charge in [-0.05, 0) is 98.8 Å². The lowest BCUT2D eigenvalue weighted by Crippen LogP contribution is -2.41. The molecule has 21 heteroatoms. The van der Waals surface area contributed by atoms with Crippen LogP contribution in [0.25, 0.3) is 34.1 Å². The molecule has 1 aliphatic heterocycles. The Hall–Kier alpha value is -8.50. The van der Waals surface area contributed by atoms with E-state index >= 15 is 0 Å². The lowest BCUT2D eigenvalue weighted by Gasteiger charge is -2.26. The van der Waals surface area contributed by atoms with Gasteiger partial charge in [0.2, 0.25) is 0 Å². The van der Waals surface area contributed by atoms with Crippen molar-refractivity contribution < 1.29 is 28.7 Å². The number of hydrogen-bond acceptors (Lipinski definition) is 16. The van der Waals surface area contributed by atoms with Crippen LogP contribution in [-0.4, -0.2) is 111 Å². The summed E-state index contributed by atoms with van der Waals surface area (Å²) >= 11 is 2.94. The molecule has 19 nitrogen and oxygen atoms in total.